The maximum absolute atomic E-state index is 11.8. The molecule has 1 aromatic carbocycles. The molecule has 1 amide bonds. The SMILES string of the molecule is C#CC1CC(=O)N(c2ccc(C(=O)OCC)cc2)C1. The van der Waals surface area contributed by atoms with Crippen molar-refractivity contribution >= 4 is 17.6 Å². The summed E-state index contributed by atoms with van der Waals surface area (Å²) in [5.41, 5.74) is 1.24. The average molecular weight is 257 g/mol. The van der Waals surface area contributed by atoms with Crippen LogP contribution in [0.2, 0.25) is 0 Å². The van der Waals surface area contributed by atoms with Gasteiger partial charge < -0.3 is 9.64 Å². The van der Waals surface area contributed by atoms with Crippen LogP contribution in [0.5, 0.6) is 0 Å². The highest BCUT2D eigenvalue weighted by Gasteiger charge is 2.29. The van der Waals surface area contributed by atoms with E-state index in [4.69, 9.17) is 11.2 Å². The van der Waals surface area contributed by atoms with E-state index in [9.17, 15) is 9.59 Å². The lowest BCUT2D eigenvalue weighted by atomic mass is 10.1. The van der Waals surface area contributed by atoms with Gasteiger partial charge in [0.25, 0.3) is 0 Å². The molecule has 0 bridgehead atoms. The number of benzene rings is 1. The summed E-state index contributed by atoms with van der Waals surface area (Å²) in [6.07, 6.45) is 5.73. The number of hydrogen-bond donors (Lipinski definition) is 0. The summed E-state index contributed by atoms with van der Waals surface area (Å²) in [6, 6.07) is 6.79. The molecule has 0 saturated carbocycles. The van der Waals surface area contributed by atoms with Crippen LogP contribution in [0.1, 0.15) is 23.7 Å². The van der Waals surface area contributed by atoms with Crippen molar-refractivity contribution in [2.45, 2.75) is 13.3 Å². The van der Waals surface area contributed by atoms with Gasteiger partial charge in [-0.3, -0.25) is 4.79 Å². The first-order valence-corrected chi connectivity index (χ1v) is 6.19. The predicted molar refractivity (Wildman–Crippen MR) is 71.7 cm³/mol. The van der Waals surface area contributed by atoms with Gasteiger partial charge in [0, 0.05) is 24.6 Å². The Balaban J connectivity index is 2.13. The van der Waals surface area contributed by atoms with Gasteiger partial charge in [0.1, 0.15) is 0 Å². The molecular weight excluding hydrogens is 242 g/mol. The van der Waals surface area contributed by atoms with Gasteiger partial charge in [0.2, 0.25) is 5.91 Å². The van der Waals surface area contributed by atoms with Crippen LogP contribution in [0.25, 0.3) is 0 Å². The molecule has 0 radical (unpaired) electrons. The quantitative estimate of drug-likeness (QED) is 0.613. The van der Waals surface area contributed by atoms with Gasteiger partial charge in [-0.1, -0.05) is 0 Å². The molecule has 4 heteroatoms. The second-order valence-corrected chi connectivity index (χ2v) is 4.34. The number of hydrogen-bond acceptors (Lipinski definition) is 3. The van der Waals surface area contributed by atoms with E-state index in [1.165, 1.54) is 0 Å². The Bertz CT molecular complexity index is 527. The van der Waals surface area contributed by atoms with Gasteiger partial charge in [-0.05, 0) is 31.2 Å². The van der Waals surface area contributed by atoms with E-state index in [0.717, 1.165) is 5.69 Å². The van der Waals surface area contributed by atoms with Crippen molar-refractivity contribution in [1.29, 1.82) is 0 Å². The molecule has 19 heavy (non-hydrogen) atoms. The minimum Gasteiger partial charge on any atom is -0.462 e. The summed E-state index contributed by atoms with van der Waals surface area (Å²) in [5.74, 6) is 2.24. The van der Waals surface area contributed by atoms with Crippen LogP contribution in [-0.2, 0) is 9.53 Å². The highest BCUT2D eigenvalue weighted by atomic mass is 16.5. The summed E-state index contributed by atoms with van der Waals surface area (Å²) in [7, 11) is 0. The van der Waals surface area contributed by atoms with Crippen LogP contribution in [0.3, 0.4) is 0 Å². The molecule has 0 aliphatic carbocycles. The van der Waals surface area contributed by atoms with Gasteiger partial charge in [-0.25, -0.2) is 4.79 Å². The fourth-order valence-corrected chi connectivity index (χ4v) is 2.06. The molecule has 1 atom stereocenters. The van der Waals surface area contributed by atoms with Crippen molar-refractivity contribution in [3.05, 3.63) is 29.8 Å². The van der Waals surface area contributed by atoms with Crippen molar-refractivity contribution in [1.82, 2.24) is 0 Å². The fourth-order valence-electron chi connectivity index (χ4n) is 2.06. The summed E-state index contributed by atoms with van der Waals surface area (Å²) < 4.78 is 4.90. The normalized spacial score (nSPS) is 18.2. The standard InChI is InChI=1S/C15H15NO3/c1-3-11-9-14(17)16(10-11)13-7-5-12(6-8-13)15(18)19-4-2/h1,5-8,11H,4,9-10H2,2H3. The molecule has 1 aromatic rings. The monoisotopic (exact) mass is 257 g/mol. The third kappa shape index (κ3) is 2.76. The molecule has 1 unspecified atom stereocenters. The number of ether oxygens (including phenoxy) is 1. The Labute approximate surface area is 112 Å². The van der Waals surface area contributed by atoms with E-state index >= 15 is 0 Å². The van der Waals surface area contributed by atoms with Crippen molar-refractivity contribution in [3.8, 4) is 12.3 Å². The third-order valence-corrected chi connectivity index (χ3v) is 3.05. The second kappa shape index (κ2) is 5.57. The van der Waals surface area contributed by atoms with Crippen molar-refractivity contribution in [3.63, 3.8) is 0 Å². The Morgan fingerprint density at radius 1 is 1.47 bits per heavy atom. The van der Waals surface area contributed by atoms with Gasteiger partial charge in [-0.15, -0.1) is 12.3 Å². The van der Waals surface area contributed by atoms with Crippen LogP contribution >= 0.6 is 0 Å². The molecule has 0 aromatic heterocycles. The lowest BCUT2D eigenvalue weighted by Crippen LogP contribution is -2.24. The topological polar surface area (TPSA) is 46.6 Å². The minimum atomic E-state index is -0.358. The lowest BCUT2D eigenvalue weighted by molar-refractivity contribution is -0.117. The van der Waals surface area contributed by atoms with Crippen molar-refractivity contribution in [2.24, 2.45) is 5.92 Å². The largest absolute Gasteiger partial charge is 0.462 e. The van der Waals surface area contributed by atoms with Crippen LogP contribution in [-0.4, -0.2) is 25.0 Å². The molecular formula is C15H15NO3. The molecule has 0 N–H and O–H groups in total. The highest BCUT2D eigenvalue weighted by molar-refractivity contribution is 5.97. The molecule has 2 rings (SSSR count). The smallest absolute Gasteiger partial charge is 0.338 e. The number of carbonyl (C=O) groups is 2. The van der Waals surface area contributed by atoms with Crippen LogP contribution in [0, 0.1) is 18.3 Å². The van der Waals surface area contributed by atoms with Gasteiger partial charge in [0.15, 0.2) is 0 Å². The van der Waals surface area contributed by atoms with Crippen LogP contribution < -0.4 is 4.90 Å². The van der Waals surface area contributed by atoms with Crippen LogP contribution in [0.4, 0.5) is 5.69 Å². The minimum absolute atomic E-state index is 0.0202. The molecule has 1 heterocycles. The molecule has 1 saturated heterocycles. The Hall–Kier alpha value is -2.28. The van der Waals surface area contributed by atoms with Crippen molar-refractivity contribution in [2.75, 3.05) is 18.1 Å². The molecule has 1 fully saturated rings. The predicted octanol–water partition coefficient (Wildman–Crippen LogP) is 1.85. The van der Waals surface area contributed by atoms with E-state index in [-0.39, 0.29) is 17.8 Å². The van der Waals surface area contributed by atoms with Crippen molar-refractivity contribution < 1.29 is 14.3 Å². The maximum atomic E-state index is 11.8. The lowest BCUT2D eigenvalue weighted by Gasteiger charge is -2.16. The molecule has 1 aliphatic heterocycles. The number of nitrogens with zero attached hydrogens (tertiary/aromatic N) is 1. The fraction of sp³-hybridized carbons (Fsp3) is 0.333. The zero-order valence-electron chi connectivity index (χ0n) is 10.8. The Morgan fingerprint density at radius 3 is 2.68 bits per heavy atom. The first-order valence-electron chi connectivity index (χ1n) is 6.19. The highest BCUT2D eigenvalue weighted by Crippen LogP contribution is 2.25. The van der Waals surface area contributed by atoms with E-state index in [1.54, 1.807) is 36.1 Å². The van der Waals surface area contributed by atoms with E-state index in [1.807, 2.05) is 0 Å². The van der Waals surface area contributed by atoms with Gasteiger partial charge >= 0.3 is 5.97 Å². The summed E-state index contributed by atoms with van der Waals surface area (Å²) in [6.45, 7) is 2.64. The zero-order chi connectivity index (χ0) is 13.8. The molecule has 4 nitrogen and oxygen atoms in total. The number of amides is 1. The number of rotatable bonds is 3. The molecule has 0 spiro atoms. The van der Waals surface area contributed by atoms with Gasteiger partial charge in [-0.2, -0.15) is 0 Å². The second-order valence-electron chi connectivity index (χ2n) is 4.34. The molecule has 98 valence electrons. The summed E-state index contributed by atoms with van der Waals surface area (Å²) in [5, 5.41) is 0. The Kier molecular flexibility index (Phi) is 3.86. The maximum Gasteiger partial charge on any atom is 0.338 e. The average Bonchev–Trinajstić information content (AvgIpc) is 2.80. The van der Waals surface area contributed by atoms with Crippen LogP contribution in [0.15, 0.2) is 24.3 Å². The first-order chi connectivity index (χ1) is 9.15. The number of anilines is 1. The summed E-state index contributed by atoms with van der Waals surface area (Å²) >= 11 is 0. The Morgan fingerprint density at radius 2 is 2.16 bits per heavy atom. The third-order valence-electron chi connectivity index (χ3n) is 3.05. The van der Waals surface area contributed by atoms with E-state index in [2.05, 4.69) is 5.92 Å². The number of carbonyl (C=O) groups excluding carboxylic acids is 2. The number of esters is 1. The van der Waals surface area contributed by atoms with Gasteiger partial charge in [0.05, 0.1) is 12.2 Å². The van der Waals surface area contributed by atoms with E-state index in [0.29, 0.717) is 25.1 Å². The van der Waals surface area contributed by atoms with E-state index < -0.39 is 0 Å². The summed E-state index contributed by atoms with van der Waals surface area (Å²) in [4.78, 5) is 25.0. The molecule has 1 aliphatic rings. The number of terminal acetylenes is 1. The zero-order valence-corrected chi connectivity index (χ0v) is 10.8. The first kappa shape index (κ1) is 13.2.